The van der Waals surface area contributed by atoms with Crippen molar-refractivity contribution in [1.29, 1.82) is 0 Å². The number of aromatic nitrogens is 1. The Labute approximate surface area is 191 Å². The Hall–Kier alpha value is -1.31. The van der Waals surface area contributed by atoms with Crippen LogP contribution in [0.5, 0.6) is 0 Å². The van der Waals surface area contributed by atoms with E-state index in [1.807, 2.05) is 53.4 Å². The van der Waals surface area contributed by atoms with Gasteiger partial charge in [-0.25, -0.2) is 4.98 Å². The number of fused-ring (bicyclic) bond motifs is 1. The first-order valence-electron chi connectivity index (χ1n) is 9.37. The highest BCUT2D eigenvalue weighted by Crippen LogP contribution is 2.29. The Balaban J connectivity index is 0.00000300. The predicted molar refractivity (Wildman–Crippen MR) is 129 cm³/mol. The van der Waals surface area contributed by atoms with Gasteiger partial charge in [0.2, 0.25) is 5.91 Å². The quantitative estimate of drug-likeness (QED) is 0.368. The van der Waals surface area contributed by atoms with E-state index < -0.39 is 0 Å². The number of nitrogens with zero attached hydrogens (tertiary/aromatic N) is 3. The molecule has 1 amide bonds. The van der Waals surface area contributed by atoms with Gasteiger partial charge in [-0.3, -0.25) is 9.69 Å². The number of benzene rings is 2. The van der Waals surface area contributed by atoms with Gasteiger partial charge < -0.3 is 4.90 Å². The Morgan fingerprint density at radius 2 is 1.76 bits per heavy atom. The summed E-state index contributed by atoms with van der Waals surface area (Å²) in [5.41, 5.74) is 0.938. The number of hydrogen-bond acceptors (Lipinski definition) is 5. The summed E-state index contributed by atoms with van der Waals surface area (Å²) in [6.45, 7) is 7.70. The maximum absolute atomic E-state index is 13.1. The Morgan fingerprint density at radius 3 is 2.41 bits per heavy atom. The number of likely N-dealkylation sites (N-methyl/N-ethyl adjacent to an activating group) is 1. The summed E-state index contributed by atoms with van der Waals surface area (Å²) in [6.07, 6.45) is 0. The second-order valence-corrected chi connectivity index (χ2v) is 8.77. The summed E-state index contributed by atoms with van der Waals surface area (Å²) in [4.78, 5) is 23.0. The molecular formula is C21H25Cl2N3OS2. The minimum absolute atomic E-state index is 0. The molecule has 0 saturated heterocycles. The van der Waals surface area contributed by atoms with E-state index in [-0.39, 0.29) is 18.3 Å². The third kappa shape index (κ3) is 6.59. The van der Waals surface area contributed by atoms with Gasteiger partial charge in [0.25, 0.3) is 0 Å². The molecule has 156 valence electrons. The summed E-state index contributed by atoms with van der Waals surface area (Å²) in [7, 11) is 0. The van der Waals surface area contributed by atoms with Gasteiger partial charge in [0, 0.05) is 23.0 Å². The van der Waals surface area contributed by atoms with Crippen LogP contribution < -0.4 is 4.90 Å². The van der Waals surface area contributed by atoms with E-state index in [0.29, 0.717) is 17.3 Å². The lowest BCUT2D eigenvalue weighted by molar-refractivity contribution is -0.116. The van der Waals surface area contributed by atoms with Crippen molar-refractivity contribution in [2.45, 2.75) is 18.7 Å². The number of thiazole rings is 1. The first-order valence-corrected chi connectivity index (χ1v) is 11.6. The summed E-state index contributed by atoms with van der Waals surface area (Å²) < 4.78 is 1.10. The maximum Gasteiger partial charge on any atom is 0.239 e. The largest absolute Gasteiger partial charge is 0.302 e. The number of halogens is 2. The van der Waals surface area contributed by atoms with Gasteiger partial charge in [0.05, 0.1) is 16.0 Å². The zero-order valence-electron chi connectivity index (χ0n) is 16.5. The molecule has 2 aromatic carbocycles. The zero-order chi connectivity index (χ0) is 19.9. The third-order valence-corrected chi connectivity index (χ3v) is 6.83. The molecule has 0 aliphatic heterocycles. The van der Waals surface area contributed by atoms with Crippen molar-refractivity contribution in [2.75, 3.05) is 36.8 Å². The first kappa shape index (κ1) is 24.0. The summed E-state index contributed by atoms with van der Waals surface area (Å²) in [5.74, 6) is 0.446. The van der Waals surface area contributed by atoms with Gasteiger partial charge in [0.1, 0.15) is 0 Å². The van der Waals surface area contributed by atoms with Crippen LogP contribution in [0.4, 0.5) is 5.13 Å². The molecule has 0 N–H and O–H groups in total. The smallest absolute Gasteiger partial charge is 0.239 e. The molecule has 0 aliphatic carbocycles. The molecule has 0 atom stereocenters. The first-order chi connectivity index (χ1) is 13.6. The molecule has 0 fully saturated rings. The standard InChI is InChI=1S/C21H24ClN3OS2.ClH/c1-3-24(4-2)13-14-25(21-23-18-7-5-6-8-19(18)28-21)20(26)15-27-17-11-9-16(22)10-12-17;/h5-12H,3-4,13-15H2,1-2H3;1H. The molecule has 0 aliphatic rings. The lowest BCUT2D eigenvalue weighted by Crippen LogP contribution is -2.39. The number of amides is 1. The molecule has 0 bridgehead atoms. The van der Waals surface area contributed by atoms with Crippen LogP contribution >= 0.6 is 47.1 Å². The minimum Gasteiger partial charge on any atom is -0.302 e. The van der Waals surface area contributed by atoms with E-state index >= 15 is 0 Å². The van der Waals surface area contributed by atoms with Crippen molar-refractivity contribution >= 4 is 68.4 Å². The molecular weight excluding hydrogens is 445 g/mol. The highest BCUT2D eigenvalue weighted by Gasteiger charge is 2.20. The van der Waals surface area contributed by atoms with Gasteiger partial charge in [0.15, 0.2) is 5.13 Å². The molecule has 3 aromatic rings. The monoisotopic (exact) mass is 469 g/mol. The second kappa shape index (κ2) is 11.8. The summed E-state index contributed by atoms with van der Waals surface area (Å²) in [5, 5.41) is 1.47. The third-order valence-electron chi connectivity index (χ3n) is 4.52. The van der Waals surface area contributed by atoms with Gasteiger partial charge in [-0.1, -0.05) is 48.9 Å². The Bertz CT molecular complexity index is 881. The Kier molecular flexibility index (Phi) is 9.72. The van der Waals surface area contributed by atoms with E-state index in [0.717, 1.165) is 39.9 Å². The average molecular weight is 470 g/mol. The molecule has 0 spiro atoms. The average Bonchev–Trinajstić information content (AvgIpc) is 3.14. The van der Waals surface area contributed by atoms with E-state index in [1.165, 1.54) is 11.8 Å². The molecule has 0 radical (unpaired) electrons. The molecule has 3 rings (SSSR count). The highest BCUT2D eigenvalue weighted by atomic mass is 35.5. The van der Waals surface area contributed by atoms with Crippen molar-refractivity contribution < 1.29 is 4.79 Å². The fourth-order valence-electron chi connectivity index (χ4n) is 2.84. The fourth-order valence-corrected chi connectivity index (χ4v) is 4.75. The Morgan fingerprint density at radius 1 is 1.07 bits per heavy atom. The van der Waals surface area contributed by atoms with Crippen LogP contribution in [0.2, 0.25) is 5.02 Å². The molecule has 29 heavy (non-hydrogen) atoms. The van der Waals surface area contributed by atoms with Crippen molar-refractivity contribution in [3.8, 4) is 0 Å². The molecule has 0 unspecified atom stereocenters. The number of rotatable bonds is 9. The van der Waals surface area contributed by atoms with Crippen LogP contribution in [0, 0.1) is 0 Å². The SMILES string of the molecule is CCN(CC)CCN(C(=O)CSc1ccc(Cl)cc1)c1nc2ccccc2s1.Cl. The van der Waals surface area contributed by atoms with Gasteiger partial charge >= 0.3 is 0 Å². The van der Waals surface area contributed by atoms with Gasteiger partial charge in [-0.15, -0.1) is 24.2 Å². The van der Waals surface area contributed by atoms with Crippen molar-refractivity contribution in [3.05, 3.63) is 53.6 Å². The van der Waals surface area contributed by atoms with E-state index in [9.17, 15) is 4.79 Å². The number of carbonyl (C=O) groups is 1. The lowest BCUT2D eigenvalue weighted by atomic mass is 10.3. The van der Waals surface area contributed by atoms with E-state index in [1.54, 1.807) is 11.3 Å². The maximum atomic E-state index is 13.1. The van der Waals surface area contributed by atoms with Gasteiger partial charge in [-0.2, -0.15) is 0 Å². The van der Waals surface area contributed by atoms with Crippen molar-refractivity contribution in [1.82, 2.24) is 9.88 Å². The van der Waals surface area contributed by atoms with Crippen LogP contribution in [-0.4, -0.2) is 47.7 Å². The van der Waals surface area contributed by atoms with Crippen LogP contribution in [0.3, 0.4) is 0 Å². The summed E-state index contributed by atoms with van der Waals surface area (Å²) >= 11 is 9.05. The van der Waals surface area contributed by atoms with Crippen LogP contribution in [0.1, 0.15) is 13.8 Å². The molecule has 1 aromatic heterocycles. The number of para-hydroxylation sites is 1. The second-order valence-electron chi connectivity index (χ2n) is 6.28. The van der Waals surface area contributed by atoms with E-state index in [4.69, 9.17) is 16.6 Å². The molecule has 0 saturated carbocycles. The van der Waals surface area contributed by atoms with Crippen LogP contribution in [-0.2, 0) is 4.79 Å². The normalized spacial score (nSPS) is 10.9. The topological polar surface area (TPSA) is 36.4 Å². The summed E-state index contributed by atoms with van der Waals surface area (Å²) in [6, 6.07) is 15.6. The number of anilines is 1. The van der Waals surface area contributed by atoms with Crippen molar-refractivity contribution in [2.24, 2.45) is 0 Å². The molecule has 1 heterocycles. The number of carbonyl (C=O) groups excluding carboxylic acids is 1. The van der Waals surface area contributed by atoms with Gasteiger partial charge in [-0.05, 0) is 49.5 Å². The minimum atomic E-state index is 0. The number of thioether (sulfide) groups is 1. The highest BCUT2D eigenvalue weighted by molar-refractivity contribution is 8.00. The van der Waals surface area contributed by atoms with Crippen LogP contribution in [0.15, 0.2) is 53.4 Å². The van der Waals surface area contributed by atoms with Crippen LogP contribution in [0.25, 0.3) is 10.2 Å². The molecule has 4 nitrogen and oxygen atoms in total. The van der Waals surface area contributed by atoms with E-state index in [2.05, 4.69) is 18.7 Å². The lowest BCUT2D eigenvalue weighted by Gasteiger charge is -2.24. The zero-order valence-corrected chi connectivity index (χ0v) is 19.7. The predicted octanol–water partition coefficient (Wildman–Crippen LogP) is 5.84. The molecule has 8 heteroatoms. The number of hydrogen-bond donors (Lipinski definition) is 0. The van der Waals surface area contributed by atoms with Crippen molar-refractivity contribution in [3.63, 3.8) is 0 Å². The fraction of sp³-hybridized carbons (Fsp3) is 0.333.